The Morgan fingerprint density at radius 1 is 1.04 bits per heavy atom. The Kier molecular flexibility index (Phi) is 5.37. The number of carbonyl (C=O) groups is 1. The Bertz CT molecular complexity index is 983. The van der Waals surface area contributed by atoms with E-state index in [-0.39, 0.29) is 24.7 Å². The van der Waals surface area contributed by atoms with Crippen molar-refractivity contribution in [2.45, 2.75) is 32.9 Å². The number of aromatic nitrogens is 2. The number of aryl methyl sites for hydroxylation is 1. The molecule has 0 aliphatic heterocycles. The van der Waals surface area contributed by atoms with E-state index in [0.717, 1.165) is 16.6 Å². The number of fused-ring (bicyclic) bond motifs is 1. The lowest BCUT2D eigenvalue weighted by Gasteiger charge is -2.06. The van der Waals surface area contributed by atoms with Gasteiger partial charge in [-0.3, -0.25) is 13.9 Å². The van der Waals surface area contributed by atoms with Crippen LogP contribution in [0.1, 0.15) is 25.3 Å². The maximum atomic E-state index is 12.7. The van der Waals surface area contributed by atoms with Gasteiger partial charge < -0.3 is 4.74 Å². The van der Waals surface area contributed by atoms with Gasteiger partial charge in [0.15, 0.2) is 0 Å². The molecule has 0 bridgehead atoms. The summed E-state index contributed by atoms with van der Waals surface area (Å²) in [6.45, 7) is 6.42. The lowest BCUT2D eigenvalue weighted by atomic mass is 10.2. The van der Waals surface area contributed by atoms with Gasteiger partial charge in [0, 0.05) is 18.7 Å². The number of esters is 1. The predicted octanol–water partition coefficient (Wildman–Crippen LogP) is 3.82. The monoisotopic (exact) mass is 350 g/mol. The molecule has 0 amide bonds. The van der Waals surface area contributed by atoms with Crippen LogP contribution in [0.25, 0.3) is 16.7 Å². The summed E-state index contributed by atoms with van der Waals surface area (Å²) in [5, 5.41) is 0. The minimum Gasteiger partial charge on any atom is -0.461 e. The van der Waals surface area contributed by atoms with Crippen LogP contribution in [0.4, 0.5) is 0 Å². The predicted molar refractivity (Wildman–Crippen MR) is 103 cm³/mol. The lowest BCUT2D eigenvalue weighted by Crippen LogP contribution is -2.23. The summed E-state index contributed by atoms with van der Waals surface area (Å²) in [5.41, 5.74) is 3.18. The summed E-state index contributed by atoms with van der Waals surface area (Å²) >= 11 is 0. The van der Waals surface area contributed by atoms with Crippen LogP contribution >= 0.6 is 0 Å². The normalized spacial score (nSPS) is 10.8. The van der Waals surface area contributed by atoms with Crippen molar-refractivity contribution in [2.24, 2.45) is 0 Å². The van der Waals surface area contributed by atoms with Crippen LogP contribution in [-0.4, -0.2) is 15.1 Å². The quantitative estimate of drug-likeness (QED) is 0.609. The van der Waals surface area contributed by atoms with Gasteiger partial charge in [-0.25, -0.2) is 4.79 Å². The molecule has 0 aliphatic rings. The third-order valence-corrected chi connectivity index (χ3v) is 4.22. The molecular weight excluding hydrogens is 328 g/mol. The van der Waals surface area contributed by atoms with Crippen molar-refractivity contribution in [3.05, 3.63) is 77.2 Å². The highest BCUT2D eigenvalue weighted by Gasteiger charge is 2.13. The molecular formula is C21H22N2O3. The van der Waals surface area contributed by atoms with Crippen LogP contribution in [0, 0.1) is 0 Å². The van der Waals surface area contributed by atoms with Crippen LogP contribution in [0.2, 0.25) is 0 Å². The third-order valence-electron chi connectivity index (χ3n) is 4.22. The first-order valence-electron chi connectivity index (χ1n) is 8.63. The molecule has 1 heterocycles. The smallest absolute Gasteiger partial charge is 0.333 e. The molecule has 0 fully saturated rings. The van der Waals surface area contributed by atoms with Crippen LogP contribution in [0.5, 0.6) is 0 Å². The first-order chi connectivity index (χ1) is 12.6. The number of nitrogens with zero attached hydrogens (tertiary/aromatic N) is 2. The van der Waals surface area contributed by atoms with Gasteiger partial charge in [-0.2, -0.15) is 0 Å². The second kappa shape index (κ2) is 7.87. The van der Waals surface area contributed by atoms with E-state index in [0.29, 0.717) is 18.7 Å². The number of imidazole rings is 1. The molecule has 5 nitrogen and oxygen atoms in total. The topological polar surface area (TPSA) is 53.2 Å². The number of ether oxygens (including phenoxy) is 1. The molecule has 3 rings (SSSR count). The van der Waals surface area contributed by atoms with Gasteiger partial charge in [0.2, 0.25) is 0 Å². The molecule has 0 atom stereocenters. The molecule has 0 saturated carbocycles. The molecule has 5 heteroatoms. The van der Waals surface area contributed by atoms with E-state index in [1.54, 1.807) is 16.1 Å². The molecule has 3 aromatic rings. The van der Waals surface area contributed by atoms with Gasteiger partial charge in [0.05, 0.1) is 11.0 Å². The highest BCUT2D eigenvalue weighted by atomic mass is 16.5. The van der Waals surface area contributed by atoms with Crippen LogP contribution in [-0.2, 0) is 22.7 Å². The fourth-order valence-corrected chi connectivity index (χ4v) is 2.99. The van der Waals surface area contributed by atoms with Crippen molar-refractivity contribution in [3.8, 4) is 0 Å². The van der Waals surface area contributed by atoms with Gasteiger partial charge in [0.25, 0.3) is 0 Å². The van der Waals surface area contributed by atoms with Crippen LogP contribution in [0.3, 0.4) is 0 Å². The summed E-state index contributed by atoms with van der Waals surface area (Å²) in [6, 6.07) is 17.2. The maximum absolute atomic E-state index is 12.7. The number of benzene rings is 2. The second-order valence-electron chi connectivity index (χ2n) is 6.24. The SMILES string of the molecule is C=C(C)n1c(=O)n(CCCC(=O)OCc2ccccc2)c2ccccc21. The van der Waals surface area contributed by atoms with E-state index in [2.05, 4.69) is 6.58 Å². The number of rotatable bonds is 7. The standard InChI is InChI=1S/C21H22N2O3/c1-16(2)23-19-12-7-6-11-18(19)22(21(23)25)14-8-13-20(24)26-15-17-9-4-3-5-10-17/h3-7,9-12H,1,8,13-15H2,2H3. The maximum Gasteiger partial charge on any atom is 0.333 e. The summed E-state index contributed by atoms with van der Waals surface area (Å²) < 4.78 is 8.57. The number of hydrogen-bond donors (Lipinski definition) is 0. The van der Waals surface area contributed by atoms with Gasteiger partial charge in [-0.1, -0.05) is 49.0 Å². The van der Waals surface area contributed by atoms with E-state index in [9.17, 15) is 9.59 Å². The molecule has 0 N–H and O–H groups in total. The first-order valence-corrected chi connectivity index (χ1v) is 8.63. The summed E-state index contributed by atoms with van der Waals surface area (Å²) in [5.74, 6) is -0.259. The second-order valence-corrected chi connectivity index (χ2v) is 6.24. The van der Waals surface area contributed by atoms with Gasteiger partial charge >= 0.3 is 11.7 Å². The first kappa shape index (κ1) is 17.7. The minimum atomic E-state index is -0.259. The van der Waals surface area contributed by atoms with Gasteiger partial charge in [-0.05, 0) is 31.0 Å². The Morgan fingerprint density at radius 3 is 2.38 bits per heavy atom. The van der Waals surface area contributed by atoms with Crippen molar-refractivity contribution in [3.63, 3.8) is 0 Å². The van der Waals surface area contributed by atoms with Crippen LogP contribution in [0.15, 0.2) is 66.0 Å². The van der Waals surface area contributed by atoms with Crippen molar-refractivity contribution >= 4 is 22.7 Å². The van der Waals surface area contributed by atoms with E-state index >= 15 is 0 Å². The zero-order valence-corrected chi connectivity index (χ0v) is 14.9. The average Bonchev–Trinajstić information content (AvgIpc) is 2.93. The Morgan fingerprint density at radius 2 is 1.69 bits per heavy atom. The Hall–Kier alpha value is -3.08. The largest absolute Gasteiger partial charge is 0.461 e. The molecule has 0 saturated heterocycles. The zero-order valence-electron chi connectivity index (χ0n) is 14.9. The van der Waals surface area contributed by atoms with Crippen molar-refractivity contribution < 1.29 is 9.53 Å². The van der Waals surface area contributed by atoms with E-state index in [1.165, 1.54) is 0 Å². The number of carbonyl (C=O) groups excluding carboxylic acids is 1. The molecule has 0 unspecified atom stereocenters. The third kappa shape index (κ3) is 3.77. The highest BCUT2D eigenvalue weighted by Crippen LogP contribution is 2.16. The van der Waals surface area contributed by atoms with Crippen molar-refractivity contribution in [1.29, 1.82) is 0 Å². The number of hydrogen-bond acceptors (Lipinski definition) is 3. The molecule has 1 aromatic heterocycles. The molecule has 26 heavy (non-hydrogen) atoms. The molecule has 2 aromatic carbocycles. The highest BCUT2D eigenvalue weighted by molar-refractivity contribution is 5.79. The summed E-state index contributed by atoms with van der Waals surface area (Å²) in [6.07, 6.45) is 0.809. The molecule has 0 aliphatic carbocycles. The molecule has 0 radical (unpaired) electrons. The van der Waals surface area contributed by atoms with Gasteiger partial charge in [-0.15, -0.1) is 0 Å². The van der Waals surface area contributed by atoms with Crippen molar-refractivity contribution in [2.75, 3.05) is 0 Å². The summed E-state index contributed by atoms with van der Waals surface area (Å²) in [4.78, 5) is 24.6. The molecule has 134 valence electrons. The Balaban J connectivity index is 1.63. The van der Waals surface area contributed by atoms with E-state index in [1.807, 2.05) is 54.6 Å². The fourth-order valence-electron chi connectivity index (χ4n) is 2.99. The fraction of sp³-hybridized carbons (Fsp3) is 0.238. The lowest BCUT2D eigenvalue weighted by molar-refractivity contribution is -0.145. The summed E-state index contributed by atoms with van der Waals surface area (Å²) in [7, 11) is 0. The number of allylic oxidation sites excluding steroid dienone is 1. The van der Waals surface area contributed by atoms with E-state index in [4.69, 9.17) is 4.74 Å². The molecule has 0 spiro atoms. The van der Waals surface area contributed by atoms with E-state index < -0.39 is 0 Å². The zero-order chi connectivity index (χ0) is 18.5. The Labute approximate surface area is 152 Å². The number of para-hydroxylation sites is 2. The minimum absolute atomic E-state index is 0.128. The van der Waals surface area contributed by atoms with Crippen molar-refractivity contribution in [1.82, 2.24) is 9.13 Å². The van der Waals surface area contributed by atoms with Gasteiger partial charge in [0.1, 0.15) is 6.61 Å². The average molecular weight is 350 g/mol. The van der Waals surface area contributed by atoms with Crippen LogP contribution < -0.4 is 5.69 Å².